The predicted molar refractivity (Wildman–Crippen MR) is 77.3 cm³/mol. The first kappa shape index (κ1) is 15.8. The number of hydrogen-bond donors (Lipinski definition) is 0. The normalized spacial score (nSPS) is 10.2. The van der Waals surface area contributed by atoms with Gasteiger partial charge in [-0.3, -0.25) is 0 Å². The molecule has 0 fully saturated rings. The van der Waals surface area contributed by atoms with E-state index in [9.17, 15) is 4.39 Å². The zero-order valence-corrected chi connectivity index (χ0v) is 12.1. The van der Waals surface area contributed by atoms with Crippen molar-refractivity contribution >= 4 is 11.6 Å². The van der Waals surface area contributed by atoms with Gasteiger partial charge in [0.15, 0.2) is 11.6 Å². The summed E-state index contributed by atoms with van der Waals surface area (Å²) in [6, 6.07) is 4.59. The molecule has 1 aromatic carbocycles. The number of likely N-dealkylation sites (N-methyl/N-ethyl adjacent to an activating group) is 1. The van der Waals surface area contributed by atoms with Crippen molar-refractivity contribution in [1.29, 1.82) is 0 Å². The van der Waals surface area contributed by atoms with Crippen molar-refractivity contribution in [3.8, 4) is 17.6 Å². The van der Waals surface area contributed by atoms with Crippen LogP contribution < -0.4 is 4.74 Å². The minimum atomic E-state index is -0.365. The van der Waals surface area contributed by atoms with Crippen LogP contribution in [0.3, 0.4) is 0 Å². The fraction of sp³-hybridized carbons (Fsp3) is 0.467. The molecule has 0 aliphatic rings. The highest BCUT2D eigenvalue weighted by molar-refractivity contribution is 6.19. The predicted octanol–water partition coefficient (Wildman–Crippen LogP) is 3.14. The second kappa shape index (κ2) is 8.79. The Morgan fingerprint density at radius 1 is 1.32 bits per heavy atom. The first-order valence-corrected chi connectivity index (χ1v) is 6.94. The molecule has 0 saturated carbocycles. The van der Waals surface area contributed by atoms with Crippen LogP contribution in [-0.2, 0) is 0 Å². The summed E-state index contributed by atoms with van der Waals surface area (Å²) in [5.41, 5.74) is 0.708. The van der Waals surface area contributed by atoms with Crippen LogP contribution in [0.2, 0.25) is 0 Å². The summed E-state index contributed by atoms with van der Waals surface area (Å²) in [5, 5.41) is 0. The molecule has 0 amide bonds. The molecule has 0 unspecified atom stereocenters. The molecule has 0 bridgehead atoms. The van der Waals surface area contributed by atoms with E-state index in [0.717, 1.165) is 19.6 Å². The first-order valence-electron chi connectivity index (χ1n) is 6.40. The van der Waals surface area contributed by atoms with E-state index in [1.165, 1.54) is 6.07 Å². The summed E-state index contributed by atoms with van der Waals surface area (Å²) < 4.78 is 19.0. The largest absolute Gasteiger partial charge is 0.489 e. The Morgan fingerprint density at radius 3 is 2.68 bits per heavy atom. The van der Waals surface area contributed by atoms with Gasteiger partial charge in [0, 0.05) is 12.1 Å². The van der Waals surface area contributed by atoms with Crippen molar-refractivity contribution in [2.45, 2.75) is 13.8 Å². The molecule has 2 nitrogen and oxygen atoms in total. The number of rotatable bonds is 6. The molecule has 19 heavy (non-hydrogen) atoms. The highest BCUT2D eigenvalue weighted by Gasteiger charge is 2.05. The molecule has 0 saturated heterocycles. The Kier molecular flexibility index (Phi) is 7.32. The lowest BCUT2D eigenvalue weighted by molar-refractivity contribution is 0.217. The van der Waals surface area contributed by atoms with Gasteiger partial charge in [-0.2, -0.15) is 0 Å². The molecule has 1 rings (SSSR count). The zero-order chi connectivity index (χ0) is 14.1. The Morgan fingerprint density at radius 2 is 2.05 bits per heavy atom. The Hall–Kier alpha value is -1.24. The number of nitrogens with zero attached hydrogens (tertiary/aromatic N) is 1. The van der Waals surface area contributed by atoms with Crippen molar-refractivity contribution in [3.05, 3.63) is 29.6 Å². The van der Waals surface area contributed by atoms with Crippen molar-refractivity contribution in [1.82, 2.24) is 4.90 Å². The average Bonchev–Trinajstić information content (AvgIpc) is 2.44. The summed E-state index contributed by atoms with van der Waals surface area (Å²) in [5.74, 6) is 5.72. The van der Waals surface area contributed by atoms with Gasteiger partial charge in [0.1, 0.15) is 6.61 Å². The van der Waals surface area contributed by atoms with Gasteiger partial charge in [-0.1, -0.05) is 25.7 Å². The van der Waals surface area contributed by atoms with E-state index in [1.807, 2.05) is 0 Å². The molecular weight excluding hydrogens is 265 g/mol. The highest BCUT2D eigenvalue weighted by atomic mass is 35.5. The van der Waals surface area contributed by atoms with E-state index in [0.29, 0.717) is 12.2 Å². The third-order valence-electron chi connectivity index (χ3n) is 2.79. The van der Waals surface area contributed by atoms with Crippen LogP contribution in [0.15, 0.2) is 18.2 Å². The van der Waals surface area contributed by atoms with Gasteiger partial charge >= 0.3 is 0 Å². The molecule has 0 atom stereocenters. The van der Waals surface area contributed by atoms with E-state index in [4.69, 9.17) is 16.3 Å². The lowest BCUT2D eigenvalue weighted by atomic mass is 10.2. The molecule has 0 aliphatic carbocycles. The van der Waals surface area contributed by atoms with Crippen molar-refractivity contribution < 1.29 is 9.13 Å². The number of benzene rings is 1. The zero-order valence-electron chi connectivity index (χ0n) is 11.4. The van der Waals surface area contributed by atoms with Gasteiger partial charge in [-0.05, 0) is 31.3 Å². The van der Waals surface area contributed by atoms with Gasteiger partial charge < -0.3 is 9.64 Å². The van der Waals surface area contributed by atoms with Gasteiger partial charge in [0.2, 0.25) is 0 Å². The van der Waals surface area contributed by atoms with Crippen molar-refractivity contribution in [2.75, 3.05) is 32.1 Å². The molecular formula is C15H19ClFNO. The third-order valence-corrected chi connectivity index (χ3v) is 2.92. The minimum Gasteiger partial charge on any atom is -0.489 e. The number of alkyl halides is 1. The lowest BCUT2D eigenvalue weighted by Crippen LogP contribution is -2.28. The average molecular weight is 284 g/mol. The second-order valence-electron chi connectivity index (χ2n) is 3.96. The summed E-state index contributed by atoms with van der Waals surface area (Å²) in [4.78, 5) is 2.22. The van der Waals surface area contributed by atoms with Crippen LogP contribution >= 0.6 is 11.6 Å². The lowest BCUT2D eigenvalue weighted by Gasteiger charge is -2.18. The third kappa shape index (κ3) is 5.50. The molecule has 0 spiro atoms. The van der Waals surface area contributed by atoms with E-state index in [1.54, 1.807) is 12.1 Å². The molecule has 0 N–H and O–H groups in total. The molecule has 0 heterocycles. The summed E-state index contributed by atoms with van der Waals surface area (Å²) in [6.45, 7) is 7.35. The van der Waals surface area contributed by atoms with Crippen LogP contribution in [0.1, 0.15) is 19.4 Å². The fourth-order valence-electron chi connectivity index (χ4n) is 1.65. The smallest absolute Gasteiger partial charge is 0.165 e. The summed E-state index contributed by atoms with van der Waals surface area (Å²) in [7, 11) is 0. The molecule has 1 aromatic rings. The molecule has 104 valence electrons. The van der Waals surface area contributed by atoms with Gasteiger partial charge in [-0.25, -0.2) is 4.39 Å². The van der Waals surface area contributed by atoms with Crippen molar-refractivity contribution in [3.63, 3.8) is 0 Å². The monoisotopic (exact) mass is 283 g/mol. The Balaban J connectivity index is 2.61. The maximum atomic E-state index is 13.6. The standard InChI is InChI=1S/C15H19ClFNO/c1-3-18(4-2)10-11-19-15-12-13(6-5-9-16)7-8-14(15)17/h7-8,12H,3-4,9-11H2,1-2H3. The summed E-state index contributed by atoms with van der Waals surface area (Å²) in [6.07, 6.45) is 0. The quantitative estimate of drug-likeness (QED) is 0.587. The van der Waals surface area contributed by atoms with Gasteiger partial charge in [0.05, 0.1) is 5.88 Å². The Bertz CT molecular complexity index is 449. The minimum absolute atomic E-state index is 0.244. The fourth-order valence-corrected chi connectivity index (χ4v) is 1.72. The van der Waals surface area contributed by atoms with E-state index in [2.05, 4.69) is 30.6 Å². The van der Waals surface area contributed by atoms with Crippen LogP contribution in [0.5, 0.6) is 5.75 Å². The van der Waals surface area contributed by atoms with Gasteiger partial charge in [-0.15, -0.1) is 11.6 Å². The number of ether oxygens (including phenoxy) is 1. The maximum Gasteiger partial charge on any atom is 0.165 e. The highest BCUT2D eigenvalue weighted by Crippen LogP contribution is 2.18. The van der Waals surface area contributed by atoms with Crippen LogP contribution in [-0.4, -0.2) is 37.0 Å². The molecule has 0 aliphatic heterocycles. The number of halogens is 2. The van der Waals surface area contributed by atoms with E-state index < -0.39 is 0 Å². The summed E-state index contributed by atoms with van der Waals surface area (Å²) >= 11 is 5.49. The first-order chi connectivity index (χ1) is 9.21. The maximum absolute atomic E-state index is 13.6. The van der Waals surface area contributed by atoms with Crippen LogP contribution in [0.25, 0.3) is 0 Å². The van der Waals surface area contributed by atoms with E-state index in [-0.39, 0.29) is 17.4 Å². The second-order valence-corrected chi connectivity index (χ2v) is 4.22. The molecule has 0 aromatic heterocycles. The van der Waals surface area contributed by atoms with Crippen LogP contribution in [0, 0.1) is 17.7 Å². The SMILES string of the molecule is CCN(CC)CCOc1cc(C#CCCl)ccc1F. The Labute approximate surface area is 119 Å². The topological polar surface area (TPSA) is 12.5 Å². The number of hydrogen-bond acceptors (Lipinski definition) is 2. The molecule has 0 radical (unpaired) electrons. The van der Waals surface area contributed by atoms with Crippen molar-refractivity contribution in [2.24, 2.45) is 0 Å². The molecule has 4 heteroatoms. The van der Waals surface area contributed by atoms with E-state index >= 15 is 0 Å². The van der Waals surface area contributed by atoms with Gasteiger partial charge in [0.25, 0.3) is 0 Å². The van der Waals surface area contributed by atoms with Crippen LogP contribution in [0.4, 0.5) is 4.39 Å².